The largest absolute Gasteiger partial charge is 0.460 e. The molecule has 0 aliphatic heterocycles. The van der Waals surface area contributed by atoms with Crippen molar-refractivity contribution < 1.29 is 14.6 Å². The summed E-state index contributed by atoms with van der Waals surface area (Å²) in [6.45, 7) is 0. The summed E-state index contributed by atoms with van der Waals surface area (Å²) in [6, 6.07) is 7.30. The maximum atomic E-state index is 13.3. The molecule has 1 heterocycles. The molecule has 2 aromatic rings. The number of fused-ring (bicyclic) bond motifs is 1. The average molecular weight is 370 g/mol. The fraction of sp³-hybridized carbons (Fsp3) is 0.609. The van der Waals surface area contributed by atoms with Crippen molar-refractivity contribution in [3.05, 3.63) is 45.8 Å². The van der Waals surface area contributed by atoms with E-state index in [1.807, 2.05) is 18.2 Å². The zero-order valence-electron chi connectivity index (χ0n) is 16.0. The number of rotatable bonds is 4. The normalized spacial score (nSPS) is 22.0. The molecule has 0 unspecified atom stereocenters. The van der Waals surface area contributed by atoms with Gasteiger partial charge in [0.2, 0.25) is 0 Å². The van der Waals surface area contributed by atoms with Crippen LogP contribution in [-0.4, -0.2) is 21.4 Å². The molecule has 4 heteroatoms. The second-order valence-electron chi connectivity index (χ2n) is 8.75. The van der Waals surface area contributed by atoms with Crippen LogP contribution in [0.15, 0.2) is 33.5 Å². The molecule has 1 aromatic carbocycles. The van der Waals surface area contributed by atoms with Gasteiger partial charge in [0.1, 0.15) is 11.3 Å². The van der Waals surface area contributed by atoms with E-state index in [-0.39, 0.29) is 5.43 Å². The standard InChI is InChI=1S/C23H30O4/c24-21-17-9-3-4-10-19(17)27-20(16-23(26)13-7-2-8-14-23)18(21)15-22(25)11-5-1-6-12-22/h3-4,9-10,25-26H,1-2,5-8,11-16H2. The van der Waals surface area contributed by atoms with Gasteiger partial charge in [-0.1, -0.05) is 50.7 Å². The first-order valence-corrected chi connectivity index (χ1v) is 10.5. The lowest BCUT2D eigenvalue weighted by Gasteiger charge is -2.34. The maximum absolute atomic E-state index is 13.3. The zero-order chi connectivity index (χ0) is 18.9. The van der Waals surface area contributed by atoms with E-state index in [1.54, 1.807) is 6.07 Å². The topological polar surface area (TPSA) is 70.7 Å². The molecule has 0 spiro atoms. The summed E-state index contributed by atoms with van der Waals surface area (Å²) in [6.07, 6.45) is 9.92. The summed E-state index contributed by atoms with van der Waals surface area (Å²) in [5.41, 5.74) is -0.557. The highest BCUT2D eigenvalue weighted by Crippen LogP contribution is 2.35. The summed E-state index contributed by atoms with van der Waals surface area (Å²) in [7, 11) is 0. The molecule has 4 nitrogen and oxygen atoms in total. The SMILES string of the molecule is O=c1c(CC2(O)CCCCC2)c(CC2(O)CCCCC2)oc2ccccc12. The Hall–Kier alpha value is -1.65. The van der Waals surface area contributed by atoms with Crippen LogP contribution in [0.3, 0.4) is 0 Å². The molecule has 4 rings (SSSR count). The number of benzene rings is 1. The summed E-state index contributed by atoms with van der Waals surface area (Å²) in [5, 5.41) is 22.7. The van der Waals surface area contributed by atoms with Crippen molar-refractivity contribution in [2.45, 2.75) is 88.3 Å². The van der Waals surface area contributed by atoms with E-state index in [0.717, 1.165) is 64.2 Å². The molecule has 0 bridgehead atoms. The molecule has 1 aromatic heterocycles. The van der Waals surface area contributed by atoms with E-state index < -0.39 is 11.2 Å². The van der Waals surface area contributed by atoms with Crippen molar-refractivity contribution in [2.75, 3.05) is 0 Å². The lowest BCUT2D eigenvalue weighted by molar-refractivity contribution is -0.00475. The van der Waals surface area contributed by atoms with Crippen molar-refractivity contribution in [1.29, 1.82) is 0 Å². The summed E-state index contributed by atoms with van der Waals surface area (Å²) in [5.74, 6) is 0.571. The molecule has 0 radical (unpaired) electrons. The molecule has 0 atom stereocenters. The first kappa shape index (κ1) is 18.7. The van der Waals surface area contributed by atoms with E-state index in [4.69, 9.17) is 4.42 Å². The molecule has 2 aliphatic carbocycles. The van der Waals surface area contributed by atoms with Crippen molar-refractivity contribution in [3.8, 4) is 0 Å². The molecule has 2 N–H and O–H groups in total. The minimum absolute atomic E-state index is 0.0507. The smallest absolute Gasteiger partial charge is 0.196 e. The first-order valence-electron chi connectivity index (χ1n) is 10.5. The third kappa shape index (κ3) is 3.97. The molecule has 0 amide bonds. The van der Waals surface area contributed by atoms with Crippen LogP contribution >= 0.6 is 0 Å². The van der Waals surface area contributed by atoms with Gasteiger partial charge in [-0.3, -0.25) is 4.79 Å². The van der Waals surface area contributed by atoms with Gasteiger partial charge in [0.25, 0.3) is 0 Å². The van der Waals surface area contributed by atoms with Gasteiger partial charge in [-0.05, 0) is 37.8 Å². The second kappa shape index (κ2) is 7.40. The Bertz CT molecular complexity index is 854. The average Bonchev–Trinajstić information content (AvgIpc) is 2.66. The zero-order valence-corrected chi connectivity index (χ0v) is 16.0. The van der Waals surface area contributed by atoms with E-state index in [9.17, 15) is 15.0 Å². The fourth-order valence-electron chi connectivity index (χ4n) is 4.95. The third-order valence-electron chi connectivity index (χ3n) is 6.54. The van der Waals surface area contributed by atoms with E-state index in [2.05, 4.69) is 0 Å². The predicted molar refractivity (Wildman–Crippen MR) is 106 cm³/mol. The van der Waals surface area contributed by atoms with Gasteiger partial charge in [-0.15, -0.1) is 0 Å². The van der Waals surface area contributed by atoms with Crippen molar-refractivity contribution in [1.82, 2.24) is 0 Å². The van der Waals surface area contributed by atoms with Crippen LogP contribution in [-0.2, 0) is 12.8 Å². The Kier molecular flexibility index (Phi) is 5.13. The van der Waals surface area contributed by atoms with Gasteiger partial charge in [-0.25, -0.2) is 0 Å². The molecule has 2 fully saturated rings. The summed E-state index contributed by atoms with van der Waals surface area (Å²) < 4.78 is 6.16. The predicted octanol–water partition coefficient (Wildman–Crippen LogP) is 4.27. The van der Waals surface area contributed by atoms with Gasteiger partial charge in [-0.2, -0.15) is 0 Å². The molecular weight excluding hydrogens is 340 g/mol. The van der Waals surface area contributed by atoms with E-state index >= 15 is 0 Å². The molecule has 0 saturated heterocycles. The number of para-hydroxylation sites is 1. The highest BCUT2D eigenvalue weighted by Gasteiger charge is 2.35. The molecule has 146 valence electrons. The van der Waals surface area contributed by atoms with Crippen LogP contribution in [0, 0.1) is 0 Å². The lowest BCUT2D eigenvalue weighted by Crippen LogP contribution is -2.38. The van der Waals surface area contributed by atoms with Gasteiger partial charge >= 0.3 is 0 Å². The van der Waals surface area contributed by atoms with Gasteiger partial charge in [0.05, 0.1) is 16.6 Å². The minimum atomic E-state index is -0.834. The van der Waals surface area contributed by atoms with Crippen LogP contribution in [0.2, 0.25) is 0 Å². The van der Waals surface area contributed by atoms with Crippen LogP contribution < -0.4 is 5.43 Å². The van der Waals surface area contributed by atoms with Gasteiger partial charge < -0.3 is 14.6 Å². The number of hydrogen-bond donors (Lipinski definition) is 2. The van der Waals surface area contributed by atoms with Crippen LogP contribution in [0.5, 0.6) is 0 Å². The van der Waals surface area contributed by atoms with E-state index in [0.29, 0.717) is 35.1 Å². The van der Waals surface area contributed by atoms with E-state index in [1.165, 1.54) is 0 Å². The quantitative estimate of drug-likeness (QED) is 0.843. The van der Waals surface area contributed by atoms with Crippen LogP contribution in [0.4, 0.5) is 0 Å². The Morgan fingerprint density at radius 1 is 0.815 bits per heavy atom. The van der Waals surface area contributed by atoms with Crippen molar-refractivity contribution in [2.24, 2.45) is 0 Å². The summed E-state index contributed by atoms with van der Waals surface area (Å²) in [4.78, 5) is 13.3. The Morgan fingerprint density at radius 2 is 1.37 bits per heavy atom. The van der Waals surface area contributed by atoms with Gasteiger partial charge in [0.15, 0.2) is 5.43 Å². The minimum Gasteiger partial charge on any atom is -0.460 e. The van der Waals surface area contributed by atoms with Crippen LogP contribution in [0.25, 0.3) is 11.0 Å². The highest BCUT2D eigenvalue weighted by molar-refractivity contribution is 5.77. The number of aliphatic hydroxyl groups is 2. The summed E-state index contributed by atoms with van der Waals surface area (Å²) >= 11 is 0. The highest BCUT2D eigenvalue weighted by atomic mass is 16.3. The Morgan fingerprint density at radius 3 is 2.00 bits per heavy atom. The third-order valence-corrected chi connectivity index (χ3v) is 6.54. The number of hydrogen-bond acceptors (Lipinski definition) is 4. The fourth-order valence-corrected chi connectivity index (χ4v) is 4.95. The van der Waals surface area contributed by atoms with Crippen molar-refractivity contribution >= 4 is 11.0 Å². The second-order valence-corrected chi connectivity index (χ2v) is 8.75. The maximum Gasteiger partial charge on any atom is 0.196 e. The Balaban J connectivity index is 1.76. The van der Waals surface area contributed by atoms with Gasteiger partial charge in [0, 0.05) is 18.4 Å². The monoisotopic (exact) mass is 370 g/mol. The molecule has 2 saturated carbocycles. The van der Waals surface area contributed by atoms with Crippen LogP contribution in [0.1, 0.15) is 75.5 Å². The van der Waals surface area contributed by atoms with Crippen molar-refractivity contribution in [3.63, 3.8) is 0 Å². The Labute approximate surface area is 160 Å². The molecule has 2 aliphatic rings. The molecule has 27 heavy (non-hydrogen) atoms. The first-order chi connectivity index (χ1) is 13.0. The molecular formula is C23H30O4. The lowest BCUT2D eigenvalue weighted by atomic mass is 9.78.